The second-order valence-corrected chi connectivity index (χ2v) is 5.86. The molecule has 1 heterocycles. The van der Waals surface area contributed by atoms with Gasteiger partial charge in [-0.1, -0.05) is 42.1 Å². The van der Waals surface area contributed by atoms with Crippen LogP contribution >= 0.6 is 11.8 Å². The molecule has 1 N–H and O–H groups in total. The molecule has 110 valence electrons. The van der Waals surface area contributed by atoms with E-state index in [2.05, 4.69) is 15.3 Å². The molecule has 1 aromatic carbocycles. The summed E-state index contributed by atoms with van der Waals surface area (Å²) in [5, 5.41) is 3.63. The van der Waals surface area contributed by atoms with Gasteiger partial charge in [0.25, 0.3) is 0 Å². The minimum atomic E-state index is -0.0147. The highest BCUT2D eigenvalue weighted by atomic mass is 32.2. The minimum Gasteiger partial charge on any atom is -0.349 e. The van der Waals surface area contributed by atoms with Crippen LogP contribution in [0.15, 0.2) is 41.6 Å². The molecule has 0 unspecified atom stereocenters. The predicted octanol–water partition coefficient (Wildman–Crippen LogP) is 3.06. The smallest absolute Gasteiger partial charge is 0.230 e. The molecule has 0 aliphatic rings. The Labute approximate surface area is 129 Å². The van der Waals surface area contributed by atoms with Gasteiger partial charge in [0, 0.05) is 11.4 Å². The van der Waals surface area contributed by atoms with Crippen LogP contribution < -0.4 is 5.32 Å². The molecule has 0 saturated heterocycles. The van der Waals surface area contributed by atoms with Crippen molar-refractivity contribution in [3.63, 3.8) is 0 Å². The van der Waals surface area contributed by atoms with Crippen molar-refractivity contribution in [3.05, 3.63) is 53.3 Å². The second-order valence-electron chi connectivity index (χ2n) is 4.92. The number of nitrogens with zero attached hydrogens (tertiary/aromatic N) is 2. The third-order valence-corrected chi connectivity index (χ3v) is 3.82. The number of nitrogens with one attached hydrogen (secondary N) is 1. The van der Waals surface area contributed by atoms with Gasteiger partial charge in [-0.3, -0.25) is 4.79 Å². The maximum Gasteiger partial charge on any atom is 0.230 e. The standard InChI is InChI=1S/C16H19N3OS/c1-11-9-12(2)18-16(17-11)21-10-15(20)19-13(3)14-7-5-4-6-8-14/h4-9,13H,10H2,1-3H3,(H,19,20)/t13-/m1/s1. The maximum atomic E-state index is 12.0. The third-order valence-electron chi connectivity index (χ3n) is 2.97. The number of thioether (sulfide) groups is 1. The Morgan fingerprint density at radius 1 is 1.19 bits per heavy atom. The topological polar surface area (TPSA) is 54.9 Å². The molecule has 5 heteroatoms. The van der Waals surface area contributed by atoms with E-state index in [4.69, 9.17) is 0 Å². The van der Waals surface area contributed by atoms with Gasteiger partial charge in [0.2, 0.25) is 5.91 Å². The lowest BCUT2D eigenvalue weighted by Crippen LogP contribution is -2.28. The Hall–Kier alpha value is -1.88. The molecule has 2 aromatic rings. The summed E-state index contributed by atoms with van der Waals surface area (Å²) in [5.74, 6) is 0.305. The first-order chi connectivity index (χ1) is 10.0. The van der Waals surface area contributed by atoms with Gasteiger partial charge in [0.15, 0.2) is 5.16 Å². The van der Waals surface area contributed by atoms with Gasteiger partial charge in [-0.05, 0) is 32.4 Å². The number of amides is 1. The molecule has 0 radical (unpaired) electrons. The first kappa shape index (κ1) is 15.5. The van der Waals surface area contributed by atoms with Gasteiger partial charge in [0.05, 0.1) is 11.8 Å². The largest absolute Gasteiger partial charge is 0.349 e. The predicted molar refractivity (Wildman–Crippen MR) is 85.2 cm³/mol. The van der Waals surface area contributed by atoms with Crippen molar-refractivity contribution < 1.29 is 4.79 Å². The molecule has 0 aliphatic carbocycles. The molecule has 0 aliphatic heterocycles. The van der Waals surface area contributed by atoms with Gasteiger partial charge in [-0.25, -0.2) is 9.97 Å². The summed E-state index contributed by atoms with van der Waals surface area (Å²) in [5.41, 5.74) is 2.93. The van der Waals surface area contributed by atoms with Crippen molar-refractivity contribution in [1.82, 2.24) is 15.3 Å². The van der Waals surface area contributed by atoms with Gasteiger partial charge in [-0.2, -0.15) is 0 Å². The summed E-state index contributed by atoms with van der Waals surface area (Å²) in [7, 11) is 0. The quantitative estimate of drug-likeness (QED) is 0.681. The lowest BCUT2D eigenvalue weighted by atomic mass is 10.1. The number of rotatable bonds is 5. The average molecular weight is 301 g/mol. The van der Waals surface area contributed by atoms with E-state index in [1.807, 2.05) is 57.2 Å². The first-order valence-corrected chi connectivity index (χ1v) is 7.82. The molecule has 1 aromatic heterocycles. The third kappa shape index (κ3) is 4.86. The zero-order chi connectivity index (χ0) is 15.2. The molecule has 1 atom stereocenters. The van der Waals surface area contributed by atoms with Gasteiger partial charge in [0.1, 0.15) is 0 Å². The van der Waals surface area contributed by atoms with E-state index >= 15 is 0 Å². The van der Waals surface area contributed by atoms with Crippen LogP contribution in [0.5, 0.6) is 0 Å². The van der Waals surface area contributed by atoms with Crippen LogP contribution in [0.25, 0.3) is 0 Å². The lowest BCUT2D eigenvalue weighted by molar-refractivity contribution is -0.119. The van der Waals surface area contributed by atoms with Crippen LogP contribution in [0.2, 0.25) is 0 Å². The number of hydrogen-bond acceptors (Lipinski definition) is 4. The first-order valence-electron chi connectivity index (χ1n) is 6.84. The Morgan fingerprint density at radius 2 is 1.81 bits per heavy atom. The number of aromatic nitrogens is 2. The molecule has 0 bridgehead atoms. The molecule has 1 amide bonds. The lowest BCUT2D eigenvalue weighted by Gasteiger charge is -2.13. The van der Waals surface area contributed by atoms with E-state index in [9.17, 15) is 4.79 Å². The Morgan fingerprint density at radius 3 is 2.43 bits per heavy atom. The van der Waals surface area contributed by atoms with E-state index in [1.54, 1.807) is 0 Å². The van der Waals surface area contributed by atoms with Crippen molar-refractivity contribution >= 4 is 17.7 Å². The number of aryl methyl sites for hydroxylation is 2. The fraction of sp³-hybridized carbons (Fsp3) is 0.312. The van der Waals surface area contributed by atoms with Crippen LogP contribution in [0.4, 0.5) is 0 Å². The fourth-order valence-corrected chi connectivity index (χ4v) is 2.76. The normalized spacial score (nSPS) is 12.0. The summed E-state index contributed by atoms with van der Waals surface area (Å²) >= 11 is 1.36. The molecular formula is C16H19N3OS. The summed E-state index contributed by atoms with van der Waals surface area (Å²) in [6, 6.07) is 11.8. The molecule has 0 spiro atoms. The van der Waals surface area contributed by atoms with Crippen LogP contribution in [-0.2, 0) is 4.79 Å². The van der Waals surface area contributed by atoms with Crippen molar-refractivity contribution in [2.75, 3.05) is 5.75 Å². The van der Waals surface area contributed by atoms with E-state index in [0.29, 0.717) is 10.9 Å². The summed E-state index contributed by atoms with van der Waals surface area (Å²) < 4.78 is 0. The van der Waals surface area contributed by atoms with Crippen LogP contribution in [0.1, 0.15) is 29.9 Å². The van der Waals surface area contributed by atoms with Crippen molar-refractivity contribution in [2.24, 2.45) is 0 Å². The zero-order valence-corrected chi connectivity index (χ0v) is 13.3. The minimum absolute atomic E-state index is 0.000496. The van der Waals surface area contributed by atoms with Crippen molar-refractivity contribution in [2.45, 2.75) is 32.0 Å². The fourth-order valence-electron chi connectivity index (χ4n) is 2.00. The second kappa shape index (κ2) is 7.22. The summed E-state index contributed by atoms with van der Waals surface area (Å²) in [6.07, 6.45) is 0. The molecule has 0 fully saturated rings. The van der Waals surface area contributed by atoms with Gasteiger partial charge >= 0.3 is 0 Å². The van der Waals surface area contributed by atoms with E-state index in [0.717, 1.165) is 17.0 Å². The monoisotopic (exact) mass is 301 g/mol. The average Bonchev–Trinajstić information content (AvgIpc) is 2.45. The van der Waals surface area contributed by atoms with E-state index < -0.39 is 0 Å². The van der Waals surface area contributed by atoms with Gasteiger partial charge in [-0.15, -0.1) is 0 Å². The number of hydrogen-bond donors (Lipinski definition) is 1. The van der Waals surface area contributed by atoms with Crippen LogP contribution in [0, 0.1) is 13.8 Å². The Kier molecular flexibility index (Phi) is 5.33. The van der Waals surface area contributed by atoms with Crippen LogP contribution in [0.3, 0.4) is 0 Å². The molecule has 4 nitrogen and oxygen atoms in total. The molecule has 2 rings (SSSR count). The highest BCUT2D eigenvalue weighted by Gasteiger charge is 2.10. The van der Waals surface area contributed by atoms with Crippen molar-refractivity contribution in [3.8, 4) is 0 Å². The van der Waals surface area contributed by atoms with E-state index in [-0.39, 0.29) is 11.9 Å². The molecule has 21 heavy (non-hydrogen) atoms. The Bertz CT molecular complexity index is 596. The Balaban J connectivity index is 1.87. The van der Waals surface area contributed by atoms with Gasteiger partial charge < -0.3 is 5.32 Å². The maximum absolute atomic E-state index is 12.0. The van der Waals surface area contributed by atoms with Crippen molar-refractivity contribution in [1.29, 1.82) is 0 Å². The zero-order valence-electron chi connectivity index (χ0n) is 12.5. The molecule has 0 saturated carbocycles. The highest BCUT2D eigenvalue weighted by Crippen LogP contribution is 2.15. The number of benzene rings is 1. The van der Waals surface area contributed by atoms with E-state index in [1.165, 1.54) is 11.8 Å². The highest BCUT2D eigenvalue weighted by molar-refractivity contribution is 7.99. The number of carbonyl (C=O) groups excluding carboxylic acids is 1. The molecular weight excluding hydrogens is 282 g/mol. The summed E-state index contributed by atoms with van der Waals surface area (Å²) in [4.78, 5) is 20.6. The number of carbonyl (C=O) groups is 1. The van der Waals surface area contributed by atoms with Crippen LogP contribution in [-0.4, -0.2) is 21.6 Å². The summed E-state index contributed by atoms with van der Waals surface area (Å²) in [6.45, 7) is 5.83. The SMILES string of the molecule is Cc1cc(C)nc(SCC(=O)N[C@H](C)c2ccccc2)n1.